The molecule has 152 valence electrons. The van der Waals surface area contributed by atoms with Crippen molar-refractivity contribution >= 4 is 42.5 Å². The van der Waals surface area contributed by atoms with E-state index >= 15 is 0 Å². The molecule has 28 heavy (non-hydrogen) atoms. The third-order valence-corrected chi connectivity index (χ3v) is 3.88. The van der Waals surface area contributed by atoms with Crippen LogP contribution in [-0.2, 0) is 0 Å². The second-order valence-corrected chi connectivity index (χ2v) is 6.01. The van der Waals surface area contributed by atoms with E-state index in [1.165, 1.54) is 6.20 Å². The van der Waals surface area contributed by atoms with Gasteiger partial charge in [0, 0.05) is 31.6 Å². The number of carbonyl (C=O) groups excluding carboxylic acids is 1. The highest BCUT2D eigenvalue weighted by Crippen LogP contribution is 2.30. The third-order valence-electron chi connectivity index (χ3n) is 3.88. The van der Waals surface area contributed by atoms with Crippen LogP contribution in [0.4, 0.5) is 23.1 Å². The van der Waals surface area contributed by atoms with Crippen molar-refractivity contribution in [3.63, 3.8) is 0 Å². The van der Waals surface area contributed by atoms with E-state index in [0.29, 0.717) is 36.8 Å². The lowest BCUT2D eigenvalue weighted by atomic mass is 10.2. The summed E-state index contributed by atoms with van der Waals surface area (Å²) < 4.78 is 5.53. The molecule has 10 nitrogen and oxygen atoms in total. The van der Waals surface area contributed by atoms with Gasteiger partial charge in [0.15, 0.2) is 0 Å². The zero-order chi connectivity index (χ0) is 19.2. The molecule has 0 bridgehead atoms. The number of aliphatic hydroxyl groups excluding tert-OH is 2. The van der Waals surface area contributed by atoms with Crippen molar-refractivity contribution in [3.8, 4) is 5.75 Å². The number of hydrogen-bond donors (Lipinski definition) is 6. The summed E-state index contributed by atoms with van der Waals surface area (Å²) in [5, 5.41) is 27.7. The predicted octanol–water partition coefficient (Wildman–Crippen LogP) is 0.391. The summed E-state index contributed by atoms with van der Waals surface area (Å²) in [6.45, 7) is 1.08. The van der Waals surface area contributed by atoms with E-state index in [4.69, 9.17) is 15.6 Å². The van der Waals surface area contributed by atoms with Crippen molar-refractivity contribution in [1.29, 1.82) is 0 Å². The summed E-state index contributed by atoms with van der Waals surface area (Å²) in [7, 11) is 0. The van der Waals surface area contributed by atoms with Gasteiger partial charge in [-0.2, -0.15) is 18.5 Å². The molecule has 1 atom stereocenters. The van der Waals surface area contributed by atoms with E-state index in [-0.39, 0.29) is 38.2 Å². The summed E-state index contributed by atoms with van der Waals surface area (Å²) >= 11 is 0. The maximum absolute atomic E-state index is 11.5. The molecule has 0 unspecified atom stereocenters. The Hall–Kier alpha value is -2.76. The Morgan fingerprint density at radius 2 is 2.25 bits per heavy atom. The average molecular weight is 408 g/mol. The highest BCUT2D eigenvalue weighted by atomic mass is 32.1. The van der Waals surface area contributed by atoms with Crippen LogP contribution in [-0.4, -0.2) is 58.5 Å². The summed E-state index contributed by atoms with van der Waals surface area (Å²) in [5.74, 6) is 0.584. The summed E-state index contributed by atoms with van der Waals surface area (Å²) in [6.07, 6.45) is 1.28. The minimum absolute atomic E-state index is 0. The first-order valence-electron chi connectivity index (χ1n) is 8.54. The third kappa shape index (κ3) is 5.38. The molecule has 7 N–H and O–H groups in total. The van der Waals surface area contributed by atoms with Gasteiger partial charge in [-0.1, -0.05) is 0 Å². The lowest BCUT2D eigenvalue weighted by Gasteiger charge is -2.13. The summed E-state index contributed by atoms with van der Waals surface area (Å²) in [6, 6.07) is 5.39. The van der Waals surface area contributed by atoms with Gasteiger partial charge in [0.2, 0.25) is 5.95 Å². The van der Waals surface area contributed by atoms with Crippen molar-refractivity contribution in [3.05, 3.63) is 30.0 Å². The zero-order valence-corrected chi connectivity index (χ0v) is 16.1. The number of ether oxygens (including phenoxy) is 1. The SMILES string of the molecule is NC(=O)c1cnc(Nc2ccc3c(c2)NC[C@H](O)CO3)nc1NCCCO.S. The molecule has 0 fully saturated rings. The number of nitrogens with one attached hydrogen (secondary N) is 3. The van der Waals surface area contributed by atoms with Crippen LogP contribution in [0.1, 0.15) is 16.8 Å². The highest BCUT2D eigenvalue weighted by Gasteiger charge is 2.16. The lowest BCUT2D eigenvalue weighted by molar-refractivity contribution is 0.100. The van der Waals surface area contributed by atoms with Crippen molar-refractivity contribution < 1.29 is 19.7 Å². The van der Waals surface area contributed by atoms with E-state index in [1.54, 1.807) is 12.1 Å². The van der Waals surface area contributed by atoms with Crippen LogP contribution in [0.15, 0.2) is 24.4 Å². The molecule has 2 aromatic rings. The van der Waals surface area contributed by atoms with E-state index in [1.807, 2.05) is 6.07 Å². The number of aromatic nitrogens is 2. The average Bonchev–Trinajstić information content (AvgIpc) is 2.83. The van der Waals surface area contributed by atoms with Gasteiger partial charge in [0.05, 0.1) is 11.3 Å². The normalized spacial score (nSPS) is 15.1. The minimum atomic E-state index is -0.641. The predicted molar refractivity (Wildman–Crippen MR) is 111 cm³/mol. The van der Waals surface area contributed by atoms with Crippen LogP contribution in [0.2, 0.25) is 0 Å². The fourth-order valence-electron chi connectivity index (χ4n) is 2.52. The van der Waals surface area contributed by atoms with Gasteiger partial charge in [-0.25, -0.2) is 4.98 Å². The second kappa shape index (κ2) is 9.97. The van der Waals surface area contributed by atoms with Gasteiger partial charge in [-0.05, 0) is 24.6 Å². The number of rotatable bonds is 7. The Labute approximate surface area is 169 Å². The van der Waals surface area contributed by atoms with Gasteiger partial charge >= 0.3 is 0 Å². The Balaban J connectivity index is 0.00000280. The standard InChI is InChI=1S/C17H22N6O4.H2S/c18-15(26)12-8-21-17(23-16(12)19-4-1-5-24)22-10-2-3-14-13(6-10)20-7-11(25)9-27-14;/h2-3,6,8,11,20,24-25H,1,4-5,7,9H2,(H2,18,26)(H2,19,21,22,23);1H2/t11-;/m0./s1. The largest absolute Gasteiger partial charge is 0.489 e. The van der Waals surface area contributed by atoms with Gasteiger partial charge in [0.1, 0.15) is 24.3 Å². The molecule has 0 saturated heterocycles. The molecule has 1 amide bonds. The van der Waals surface area contributed by atoms with Crippen LogP contribution in [0, 0.1) is 0 Å². The van der Waals surface area contributed by atoms with Crippen molar-refractivity contribution in [2.45, 2.75) is 12.5 Å². The number of hydrogen-bond acceptors (Lipinski definition) is 9. The summed E-state index contributed by atoms with van der Waals surface area (Å²) in [4.78, 5) is 20.0. The van der Waals surface area contributed by atoms with Crippen LogP contribution in [0.25, 0.3) is 0 Å². The number of fused-ring (bicyclic) bond motifs is 1. The molecule has 1 aliphatic heterocycles. The summed E-state index contributed by atoms with van der Waals surface area (Å²) in [5.41, 5.74) is 6.97. The maximum atomic E-state index is 11.5. The first kappa shape index (κ1) is 21.5. The number of amides is 1. The Kier molecular flexibility index (Phi) is 7.67. The second-order valence-electron chi connectivity index (χ2n) is 6.01. The monoisotopic (exact) mass is 408 g/mol. The lowest BCUT2D eigenvalue weighted by Crippen LogP contribution is -2.23. The number of carbonyl (C=O) groups is 1. The van der Waals surface area contributed by atoms with Crippen LogP contribution < -0.4 is 26.4 Å². The Morgan fingerprint density at radius 1 is 1.43 bits per heavy atom. The van der Waals surface area contributed by atoms with Crippen molar-refractivity contribution in [2.75, 3.05) is 42.3 Å². The number of nitrogens with two attached hydrogens (primary N) is 1. The maximum Gasteiger partial charge on any atom is 0.254 e. The highest BCUT2D eigenvalue weighted by molar-refractivity contribution is 7.59. The Bertz CT molecular complexity index is 822. The van der Waals surface area contributed by atoms with Crippen LogP contribution in [0.5, 0.6) is 5.75 Å². The fourth-order valence-corrected chi connectivity index (χ4v) is 2.52. The van der Waals surface area contributed by atoms with Gasteiger partial charge in [-0.15, -0.1) is 0 Å². The number of benzene rings is 1. The molecule has 0 saturated carbocycles. The van der Waals surface area contributed by atoms with Crippen LogP contribution >= 0.6 is 13.5 Å². The number of primary amides is 1. The minimum Gasteiger partial charge on any atom is -0.489 e. The first-order chi connectivity index (χ1) is 13.1. The van der Waals surface area contributed by atoms with Crippen molar-refractivity contribution in [2.24, 2.45) is 5.73 Å². The van der Waals surface area contributed by atoms with E-state index in [0.717, 1.165) is 5.69 Å². The molecule has 0 spiro atoms. The number of nitrogens with zero attached hydrogens (tertiary/aromatic N) is 2. The molecular formula is C17H24N6O4S. The molecule has 0 radical (unpaired) electrons. The molecule has 3 rings (SSSR count). The topological polar surface area (TPSA) is 155 Å². The van der Waals surface area contributed by atoms with Gasteiger partial charge in [-0.3, -0.25) is 4.79 Å². The number of aliphatic hydroxyl groups is 2. The molecule has 1 aliphatic rings. The van der Waals surface area contributed by atoms with Gasteiger partial charge < -0.3 is 36.6 Å². The molecule has 2 heterocycles. The van der Waals surface area contributed by atoms with E-state index in [2.05, 4.69) is 25.9 Å². The molecule has 0 aliphatic carbocycles. The van der Waals surface area contributed by atoms with Gasteiger partial charge in [0.25, 0.3) is 5.91 Å². The van der Waals surface area contributed by atoms with Crippen LogP contribution in [0.3, 0.4) is 0 Å². The first-order valence-corrected chi connectivity index (χ1v) is 8.54. The zero-order valence-electron chi connectivity index (χ0n) is 15.1. The quantitative estimate of drug-likeness (QED) is 0.357. The molecular weight excluding hydrogens is 384 g/mol. The van der Waals surface area contributed by atoms with E-state index in [9.17, 15) is 9.90 Å². The van der Waals surface area contributed by atoms with Crippen molar-refractivity contribution in [1.82, 2.24) is 9.97 Å². The number of β-amino-alcohol motifs (C(OH)–C–C–N with tert-alkyl or cyclic N) is 1. The van der Waals surface area contributed by atoms with E-state index < -0.39 is 12.0 Å². The molecule has 1 aromatic heterocycles. The smallest absolute Gasteiger partial charge is 0.254 e. The molecule has 1 aromatic carbocycles. The number of anilines is 4. The fraction of sp³-hybridized carbons (Fsp3) is 0.353. The molecule has 11 heteroatoms. The Morgan fingerprint density at radius 3 is 3.00 bits per heavy atom.